The summed E-state index contributed by atoms with van der Waals surface area (Å²) in [5, 5.41) is 0. The molecule has 0 amide bonds. The van der Waals surface area contributed by atoms with E-state index in [9.17, 15) is 4.79 Å². The van der Waals surface area contributed by atoms with Crippen LogP contribution >= 0.6 is 0 Å². The largest absolute Gasteiger partial charge is 0.295 e. The summed E-state index contributed by atoms with van der Waals surface area (Å²) in [5.41, 5.74) is 2.21. The lowest BCUT2D eigenvalue weighted by molar-refractivity contribution is 0.101. The number of carbonyl (C=O) groups is 1. The maximum absolute atomic E-state index is 11.2. The molecule has 0 heterocycles. The van der Waals surface area contributed by atoms with Crippen LogP contribution in [0.1, 0.15) is 61.4 Å². The third kappa shape index (κ3) is 2.34. The highest BCUT2D eigenvalue weighted by atomic mass is 16.1. The SMILES string of the molecule is CC(=O)c1ccc(C(C)C2CCCC2)cc1. The maximum atomic E-state index is 11.2. The van der Waals surface area contributed by atoms with Crippen molar-refractivity contribution < 1.29 is 4.79 Å². The minimum absolute atomic E-state index is 0.153. The molecule has 0 N–H and O–H groups in total. The van der Waals surface area contributed by atoms with Gasteiger partial charge in [-0.1, -0.05) is 44.0 Å². The number of rotatable bonds is 3. The van der Waals surface area contributed by atoms with Crippen molar-refractivity contribution in [1.29, 1.82) is 0 Å². The van der Waals surface area contributed by atoms with E-state index < -0.39 is 0 Å². The van der Waals surface area contributed by atoms with E-state index in [1.54, 1.807) is 6.92 Å². The Kier molecular flexibility index (Phi) is 3.42. The number of carbonyl (C=O) groups excluding carboxylic acids is 1. The minimum atomic E-state index is 0.153. The summed E-state index contributed by atoms with van der Waals surface area (Å²) in [6, 6.07) is 8.17. The molecule has 1 heteroatoms. The van der Waals surface area contributed by atoms with Crippen molar-refractivity contribution in [3.8, 4) is 0 Å². The Hall–Kier alpha value is -1.11. The van der Waals surface area contributed by atoms with Gasteiger partial charge in [0.1, 0.15) is 0 Å². The van der Waals surface area contributed by atoms with Crippen LogP contribution in [-0.4, -0.2) is 5.78 Å². The standard InChI is InChI=1S/C15H20O/c1-11(13-5-3-4-6-13)14-7-9-15(10-8-14)12(2)16/h7-11,13H,3-6H2,1-2H3. The highest BCUT2D eigenvalue weighted by Crippen LogP contribution is 2.36. The van der Waals surface area contributed by atoms with E-state index in [0.717, 1.165) is 11.5 Å². The Bertz CT molecular complexity index is 358. The molecule has 1 fully saturated rings. The number of ketones is 1. The second-order valence-corrected chi connectivity index (χ2v) is 5.01. The summed E-state index contributed by atoms with van der Waals surface area (Å²) in [7, 11) is 0. The van der Waals surface area contributed by atoms with Crippen molar-refractivity contribution >= 4 is 5.78 Å². The molecule has 1 aromatic carbocycles. The molecule has 86 valence electrons. The molecule has 1 atom stereocenters. The molecule has 0 aromatic heterocycles. The Labute approximate surface area is 97.9 Å². The third-order valence-corrected chi connectivity index (χ3v) is 3.95. The molecule has 1 aliphatic rings. The zero-order valence-corrected chi connectivity index (χ0v) is 10.2. The van der Waals surface area contributed by atoms with E-state index in [1.807, 2.05) is 12.1 Å². The van der Waals surface area contributed by atoms with Crippen LogP contribution in [0.15, 0.2) is 24.3 Å². The lowest BCUT2D eigenvalue weighted by Gasteiger charge is -2.19. The van der Waals surface area contributed by atoms with Gasteiger partial charge in [-0.2, -0.15) is 0 Å². The van der Waals surface area contributed by atoms with Crippen LogP contribution in [0.5, 0.6) is 0 Å². The summed E-state index contributed by atoms with van der Waals surface area (Å²) in [6.45, 7) is 3.94. The van der Waals surface area contributed by atoms with E-state index in [4.69, 9.17) is 0 Å². The fourth-order valence-electron chi connectivity index (χ4n) is 2.75. The van der Waals surface area contributed by atoms with E-state index in [-0.39, 0.29) is 5.78 Å². The molecule has 0 bridgehead atoms. The van der Waals surface area contributed by atoms with Crippen molar-refractivity contribution in [3.63, 3.8) is 0 Å². The molecule has 16 heavy (non-hydrogen) atoms. The Morgan fingerprint density at radius 1 is 1.19 bits per heavy atom. The quantitative estimate of drug-likeness (QED) is 0.693. The monoisotopic (exact) mass is 216 g/mol. The molecule has 1 saturated carbocycles. The Balaban J connectivity index is 2.11. The first-order valence-electron chi connectivity index (χ1n) is 6.29. The fraction of sp³-hybridized carbons (Fsp3) is 0.533. The van der Waals surface area contributed by atoms with Gasteiger partial charge in [0, 0.05) is 5.56 Å². The topological polar surface area (TPSA) is 17.1 Å². The molecule has 1 nitrogen and oxygen atoms in total. The normalized spacial score (nSPS) is 18.6. The number of hydrogen-bond acceptors (Lipinski definition) is 1. The highest BCUT2D eigenvalue weighted by molar-refractivity contribution is 5.94. The van der Waals surface area contributed by atoms with Crippen molar-refractivity contribution in [2.75, 3.05) is 0 Å². The van der Waals surface area contributed by atoms with Gasteiger partial charge in [-0.05, 0) is 37.2 Å². The second kappa shape index (κ2) is 4.82. The predicted octanol–water partition coefficient (Wildman–Crippen LogP) is 4.18. The number of benzene rings is 1. The Morgan fingerprint density at radius 3 is 2.25 bits per heavy atom. The number of Topliss-reactive ketones (excluding diaryl/α,β-unsaturated/α-hetero) is 1. The average molecular weight is 216 g/mol. The molecule has 0 spiro atoms. The smallest absolute Gasteiger partial charge is 0.159 e. The zero-order chi connectivity index (χ0) is 11.5. The van der Waals surface area contributed by atoms with Crippen molar-refractivity contribution in [1.82, 2.24) is 0 Å². The van der Waals surface area contributed by atoms with Crippen LogP contribution in [-0.2, 0) is 0 Å². The first-order chi connectivity index (χ1) is 7.68. The minimum Gasteiger partial charge on any atom is -0.295 e. The molecule has 0 radical (unpaired) electrons. The lowest BCUT2D eigenvalue weighted by Crippen LogP contribution is -2.06. The average Bonchev–Trinajstić information content (AvgIpc) is 2.81. The van der Waals surface area contributed by atoms with E-state index in [0.29, 0.717) is 5.92 Å². The summed E-state index contributed by atoms with van der Waals surface area (Å²) in [4.78, 5) is 11.2. The summed E-state index contributed by atoms with van der Waals surface area (Å²) < 4.78 is 0. The van der Waals surface area contributed by atoms with Crippen molar-refractivity contribution in [2.24, 2.45) is 5.92 Å². The lowest BCUT2D eigenvalue weighted by atomic mass is 9.86. The van der Waals surface area contributed by atoms with Crippen LogP contribution in [0, 0.1) is 5.92 Å². The number of hydrogen-bond donors (Lipinski definition) is 0. The van der Waals surface area contributed by atoms with E-state index >= 15 is 0 Å². The van der Waals surface area contributed by atoms with Gasteiger partial charge in [0.25, 0.3) is 0 Å². The van der Waals surface area contributed by atoms with E-state index in [1.165, 1.54) is 31.2 Å². The molecular weight excluding hydrogens is 196 g/mol. The van der Waals surface area contributed by atoms with Crippen LogP contribution in [0.3, 0.4) is 0 Å². The first kappa shape index (κ1) is 11.4. The van der Waals surface area contributed by atoms with Crippen molar-refractivity contribution in [3.05, 3.63) is 35.4 Å². The van der Waals surface area contributed by atoms with Gasteiger partial charge in [-0.3, -0.25) is 4.79 Å². The van der Waals surface area contributed by atoms with Gasteiger partial charge in [0.15, 0.2) is 5.78 Å². The molecule has 2 rings (SSSR count). The van der Waals surface area contributed by atoms with Crippen LogP contribution in [0.4, 0.5) is 0 Å². The van der Waals surface area contributed by atoms with Crippen LogP contribution in [0.2, 0.25) is 0 Å². The molecule has 0 aliphatic heterocycles. The summed E-state index contributed by atoms with van der Waals surface area (Å²) in [6.07, 6.45) is 5.52. The van der Waals surface area contributed by atoms with Gasteiger partial charge >= 0.3 is 0 Å². The van der Waals surface area contributed by atoms with Gasteiger partial charge in [-0.15, -0.1) is 0 Å². The maximum Gasteiger partial charge on any atom is 0.159 e. The fourth-order valence-corrected chi connectivity index (χ4v) is 2.75. The van der Waals surface area contributed by atoms with Gasteiger partial charge in [0.05, 0.1) is 0 Å². The first-order valence-corrected chi connectivity index (χ1v) is 6.29. The van der Waals surface area contributed by atoms with Gasteiger partial charge in [-0.25, -0.2) is 0 Å². The molecule has 1 aliphatic carbocycles. The van der Waals surface area contributed by atoms with Crippen LogP contribution < -0.4 is 0 Å². The Morgan fingerprint density at radius 2 is 1.75 bits per heavy atom. The van der Waals surface area contributed by atoms with Gasteiger partial charge in [0.2, 0.25) is 0 Å². The summed E-state index contributed by atoms with van der Waals surface area (Å²) in [5.74, 6) is 1.65. The van der Waals surface area contributed by atoms with Gasteiger partial charge < -0.3 is 0 Å². The van der Waals surface area contributed by atoms with Crippen molar-refractivity contribution in [2.45, 2.75) is 45.4 Å². The third-order valence-electron chi connectivity index (χ3n) is 3.95. The predicted molar refractivity (Wildman–Crippen MR) is 66.8 cm³/mol. The molecular formula is C15H20O. The zero-order valence-electron chi connectivity index (χ0n) is 10.2. The highest BCUT2D eigenvalue weighted by Gasteiger charge is 2.22. The second-order valence-electron chi connectivity index (χ2n) is 5.01. The van der Waals surface area contributed by atoms with Crippen LogP contribution in [0.25, 0.3) is 0 Å². The molecule has 1 unspecified atom stereocenters. The summed E-state index contributed by atoms with van der Waals surface area (Å²) >= 11 is 0. The molecule has 1 aromatic rings. The molecule has 0 saturated heterocycles. The van der Waals surface area contributed by atoms with E-state index in [2.05, 4.69) is 19.1 Å².